The summed E-state index contributed by atoms with van der Waals surface area (Å²) in [6, 6.07) is 4.13. The van der Waals surface area contributed by atoms with Crippen LogP contribution >= 0.6 is 22.9 Å². The lowest BCUT2D eigenvalue weighted by Crippen LogP contribution is -2.23. The van der Waals surface area contributed by atoms with Gasteiger partial charge in [-0.25, -0.2) is 4.98 Å². The van der Waals surface area contributed by atoms with E-state index in [0.29, 0.717) is 0 Å². The number of aryl methyl sites for hydroxylation is 1. The summed E-state index contributed by atoms with van der Waals surface area (Å²) >= 11 is 7.71. The van der Waals surface area contributed by atoms with Crippen molar-refractivity contribution in [1.82, 2.24) is 14.8 Å². The van der Waals surface area contributed by atoms with Crippen molar-refractivity contribution in [1.29, 1.82) is 0 Å². The highest BCUT2D eigenvalue weighted by molar-refractivity contribution is 7.11. The highest BCUT2D eigenvalue weighted by Crippen LogP contribution is 2.30. The van der Waals surface area contributed by atoms with E-state index in [9.17, 15) is 18.0 Å². The van der Waals surface area contributed by atoms with Crippen LogP contribution in [0.3, 0.4) is 0 Å². The molecule has 1 unspecified atom stereocenters. The van der Waals surface area contributed by atoms with Crippen LogP contribution in [0.15, 0.2) is 41.5 Å². The lowest BCUT2D eigenvalue weighted by Gasteiger charge is -2.15. The monoisotopic (exact) mass is 428 g/mol. The quantitative estimate of drug-likeness (QED) is 0.614. The highest BCUT2D eigenvalue weighted by atomic mass is 35.5. The molecule has 0 aliphatic heterocycles. The van der Waals surface area contributed by atoms with Gasteiger partial charge in [-0.15, -0.1) is 11.3 Å². The summed E-state index contributed by atoms with van der Waals surface area (Å²) in [4.78, 5) is 18.0. The van der Waals surface area contributed by atoms with Crippen LogP contribution in [-0.2, 0) is 12.6 Å². The topological polar surface area (TPSA) is 59.8 Å². The summed E-state index contributed by atoms with van der Waals surface area (Å²) in [6.07, 6.45) is -0.538. The number of hydrogen-bond acceptors (Lipinski definition) is 5. The molecular weight excluding hydrogens is 413 g/mol. The maximum absolute atomic E-state index is 12.9. The van der Waals surface area contributed by atoms with E-state index in [4.69, 9.17) is 11.6 Å². The van der Waals surface area contributed by atoms with Crippen molar-refractivity contribution in [2.24, 2.45) is 0 Å². The number of anilines is 1. The summed E-state index contributed by atoms with van der Waals surface area (Å²) in [5.74, 6) is 0. The Morgan fingerprint density at radius 2 is 2.07 bits per heavy atom. The van der Waals surface area contributed by atoms with Gasteiger partial charge in [-0.05, 0) is 31.5 Å². The zero-order chi connectivity index (χ0) is 20.5. The molecule has 1 aromatic carbocycles. The van der Waals surface area contributed by atoms with Gasteiger partial charge in [-0.1, -0.05) is 24.6 Å². The molecule has 1 N–H and O–H groups in total. The molecule has 28 heavy (non-hydrogen) atoms. The van der Waals surface area contributed by atoms with Gasteiger partial charge in [-0.2, -0.15) is 23.0 Å². The summed E-state index contributed by atoms with van der Waals surface area (Å²) in [5.41, 5.74) is -1.32. The summed E-state index contributed by atoms with van der Waals surface area (Å²) in [5, 5.41) is 7.72. The summed E-state index contributed by atoms with van der Waals surface area (Å²) in [6.45, 7) is 3.90. The first-order chi connectivity index (χ1) is 13.2. The Kier molecular flexibility index (Phi) is 5.76. The molecule has 0 saturated heterocycles. The molecule has 1 atom stereocenters. The lowest BCUT2D eigenvalue weighted by atomic mass is 10.2. The number of alkyl halides is 3. The van der Waals surface area contributed by atoms with E-state index < -0.39 is 17.3 Å². The Bertz CT molecular complexity index is 1050. The Morgan fingerprint density at radius 1 is 1.32 bits per heavy atom. The average Bonchev–Trinajstić information content (AvgIpc) is 3.14. The van der Waals surface area contributed by atoms with Gasteiger partial charge in [0.2, 0.25) is 0 Å². The zero-order valence-electron chi connectivity index (χ0n) is 14.9. The van der Waals surface area contributed by atoms with Gasteiger partial charge in [0.05, 0.1) is 29.2 Å². The molecule has 0 spiro atoms. The fraction of sp³-hybridized carbons (Fsp3) is 0.278. The Morgan fingerprint density at radius 3 is 2.71 bits per heavy atom. The molecule has 2 aromatic heterocycles. The van der Waals surface area contributed by atoms with Crippen LogP contribution in [0.5, 0.6) is 0 Å². The average molecular weight is 429 g/mol. The molecule has 0 fully saturated rings. The van der Waals surface area contributed by atoms with E-state index in [1.54, 1.807) is 17.5 Å². The molecule has 2 heterocycles. The van der Waals surface area contributed by atoms with Crippen molar-refractivity contribution in [2.45, 2.75) is 32.5 Å². The molecule has 148 valence electrons. The number of aromatic nitrogens is 3. The van der Waals surface area contributed by atoms with Crippen LogP contribution in [0.25, 0.3) is 5.69 Å². The SMILES string of the molecule is CCc1cnc(C(C)Nc2cnn(-c3cccc(C(F)(F)F)c3)c(=O)c2Cl)s1. The normalized spacial score (nSPS) is 12.8. The van der Waals surface area contributed by atoms with Crippen molar-refractivity contribution in [3.8, 4) is 5.69 Å². The minimum absolute atomic E-state index is 0.0196. The number of rotatable bonds is 5. The molecule has 0 bridgehead atoms. The van der Waals surface area contributed by atoms with E-state index in [1.807, 2.05) is 13.8 Å². The van der Waals surface area contributed by atoms with E-state index in [1.165, 1.54) is 18.3 Å². The molecule has 0 amide bonds. The molecule has 3 rings (SSSR count). The predicted octanol–water partition coefficient (Wildman–Crippen LogP) is 5.10. The van der Waals surface area contributed by atoms with E-state index in [0.717, 1.165) is 33.1 Å². The number of benzene rings is 1. The van der Waals surface area contributed by atoms with Crippen molar-refractivity contribution < 1.29 is 13.2 Å². The standard InChI is InChI=1S/C18H16ClF3N4OS/c1-3-13-8-23-16(28-13)10(2)25-14-9-24-26(17(27)15(14)19)12-6-4-5-11(7-12)18(20,21)22/h4-10,25H,3H2,1-2H3. The summed E-state index contributed by atoms with van der Waals surface area (Å²) in [7, 11) is 0. The van der Waals surface area contributed by atoms with Gasteiger partial charge >= 0.3 is 6.18 Å². The number of thiazole rings is 1. The molecule has 10 heteroatoms. The fourth-order valence-electron chi connectivity index (χ4n) is 2.51. The molecule has 0 radical (unpaired) electrons. The molecule has 0 aliphatic carbocycles. The van der Waals surface area contributed by atoms with E-state index >= 15 is 0 Å². The van der Waals surface area contributed by atoms with Crippen molar-refractivity contribution in [3.05, 3.63) is 67.5 Å². The van der Waals surface area contributed by atoms with Crippen LogP contribution in [-0.4, -0.2) is 14.8 Å². The Hall–Kier alpha value is -2.39. The van der Waals surface area contributed by atoms with Crippen molar-refractivity contribution >= 4 is 28.6 Å². The minimum Gasteiger partial charge on any atom is -0.373 e. The number of nitrogens with zero attached hydrogens (tertiary/aromatic N) is 3. The van der Waals surface area contributed by atoms with Gasteiger partial charge in [0, 0.05) is 11.1 Å². The number of halogens is 4. The second-order valence-electron chi connectivity index (χ2n) is 6.02. The molecular formula is C18H16ClF3N4OS. The third kappa shape index (κ3) is 4.20. The van der Waals surface area contributed by atoms with Gasteiger partial charge in [0.15, 0.2) is 0 Å². The van der Waals surface area contributed by atoms with Crippen molar-refractivity contribution in [3.63, 3.8) is 0 Å². The molecule has 0 saturated carbocycles. The maximum atomic E-state index is 12.9. The van der Waals surface area contributed by atoms with Crippen LogP contribution in [0, 0.1) is 0 Å². The largest absolute Gasteiger partial charge is 0.416 e. The van der Waals surface area contributed by atoms with Gasteiger partial charge in [-0.3, -0.25) is 4.79 Å². The third-order valence-corrected chi connectivity index (χ3v) is 5.69. The predicted molar refractivity (Wildman–Crippen MR) is 103 cm³/mol. The number of hydrogen-bond donors (Lipinski definition) is 1. The molecule has 3 aromatic rings. The summed E-state index contributed by atoms with van der Waals surface area (Å²) < 4.78 is 39.6. The fourth-order valence-corrected chi connectivity index (χ4v) is 3.56. The highest BCUT2D eigenvalue weighted by Gasteiger charge is 2.30. The molecule has 0 aliphatic rings. The van der Waals surface area contributed by atoms with Crippen LogP contribution in [0.1, 0.15) is 35.3 Å². The first-order valence-corrected chi connectivity index (χ1v) is 9.56. The van der Waals surface area contributed by atoms with E-state index in [2.05, 4.69) is 15.4 Å². The van der Waals surface area contributed by atoms with Gasteiger partial charge < -0.3 is 5.32 Å². The Labute approximate surface area is 167 Å². The minimum atomic E-state index is -4.52. The maximum Gasteiger partial charge on any atom is 0.416 e. The Balaban J connectivity index is 1.90. The first-order valence-electron chi connectivity index (χ1n) is 8.37. The second kappa shape index (κ2) is 7.92. The lowest BCUT2D eigenvalue weighted by molar-refractivity contribution is -0.137. The van der Waals surface area contributed by atoms with Gasteiger partial charge in [0.25, 0.3) is 5.56 Å². The van der Waals surface area contributed by atoms with Crippen molar-refractivity contribution in [2.75, 3.05) is 5.32 Å². The van der Waals surface area contributed by atoms with Gasteiger partial charge in [0.1, 0.15) is 10.0 Å². The van der Waals surface area contributed by atoms with E-state index in [-0.39, 0.29) is 22.4 Å². The van der Waals surface area contributed by atoms with Crippen LogP contribution in [0.4, 0.5) is 18.9 Å². The number of nitrogens with one attached hydrogen (secondary N) is 1. The van der Waals surface area contributed by atoms with Crippen LogP contribution in [0.2, 0.25) is 5.02 Å². The third-order valence-electron chi connectivity index (χ3n) is 4.00. The second-order valence-corrected chi connectivity index (χ2v) is 7.55. The van der Waals surface area contributed by atoms with Crippen LogP contribution < -0.4 is 10.9 Å². The molecule has 5 nitrogen and oxygen atoms in total. The first kappa shape index (κ1) is 20.3. The zero-order valence-corrected chi connectivity index (χ0v) is 16.5. The smallest absolute Gasteiger partial charge is 0.373 e.